The summed E-state index contributed by atoms with van der Waals surface area (Å²) in [5, 5.41) is 14.6. The maximum absolute atomic E-state index is 12.3. The first-order chi connectivity index (χ1) is 13.3. The molecule has 148 valence electrons. The molecule has 0 spiro atoms. The second-order valence-corrected chi connectivity index (χ2v) is 9.25. The van der Waals surface area contributed by atoms with Crippen LogP contribution in [-0.4, -0.2) is 26.4 Å². The van der Waals surface area contributed by atoms with E-state index in [1.807, 2.05) is 31.2 Å². The van der Waals surface area contributed by atoms with Crippen molar-refractivity contribution in [3.63, 3.8) is 0 Å². The number of hydrogen-bond donors (Lipinski definition) is 1. The molecule has 3 rings (SSSR count). The Morgan fingerprint density at radius 2 is 2.00 bits per heavy atom. The van der Waals surface area contributed by atoms with E-state index in [2.05, 4.69) is 59.2 Å². The summed E-state index contributed by atoms with van der Waals surface area (Å²) in [4.78, 5) is 13.7. The average molecular weight is 415 g/mol. The van der Waals surface area contributed by atoms with Gasteiger partial charge in [-0.1, -0.05) is 37.7 Å². The van der Waals surface area contributed by atoms with Gasteiger partial charge in [-0.25, -0.2) is 0 Å². The summed E-state index contributed by atoms with van der Waals surface area (Å²) in [6.45, 7) is 10.6. The second-order valence-electron chi connectivity index (χ2n) is 7.37. The van der Waals surface area contributed by atoms with Crippen molar-refractivity contribution in [2.45, 2.75) is 51.7 Å². The number of nitrogens with zero attached hydrogens (tertiary/aromatic N) is 3. The largest absolute Gasteiger partial charge is 0.325 e. The summed E-state index contributed by atoms with van der Waals surface area (Å²) in [7, 11) is 0. The average Bonchev–Trinajstić information content (AvgIpc) is 3.27. The molecule has 2 heterocycles. The molecule has 2 aromatic heterocycles. The van der Waals surface area contributed by atoms with Crippen LogP contribution in [0.25, 0.3) is 11.4 Å². The molecule has 1 N–H and O–H groups in total. The Labute approximate surface area is 174 Å². The smallest absolute Gasteiger partial charge is 0.234 e. The molecule has 0 saturated carbocycles. The summed E-state index contributed by atoms with van der Waals surface area (Å²) in [6.07, 6.45) is 0. The first-order valence-electron chi connectivity index (χ1n) is 9.38. The highest BCUT2D eigenvalue weighted by atomic mass is 32.2. The Morgan fingerprint density at radius 1 is 1.21 bits per heavy atom. The van der Waals surface area contributed by atoms with Crippen molar-refractivity contribution in [2.24, 2.45) is 0 Å². The van der Waals surface area contributed by atoms with Crippen LogP contribution in [0.3, 0.4) is 0 Å². The predicted molar refractivity (Wildman–Crippen MR) is 118 cm³/mol. The van der Waals surface area contributed by atoms with Crippen molar-refractivity contribution in [3.8, 4) is 11.4 Å². The van der Waals surface area contributed by atoms with Gasteiger partial charge >= 0.3 is 0 Å². The van der Waals surface area contributed by atoms with Crippen molar-refractivity contribution < 1.29 is 4.79 Å². The molecule has 0 bridgehead atoms. The molecule has 5 nitrogen and oxygen atoms in total. The Bertz CT molecular complexity index is 959. The monoisotopic (exact) mass is 414 g/mol. The van der Waals surface area contributed by atoms with Crippen LogP contribution in [0.2, 0.25) is 0 Å². The number of benzene rings is 1. The predicted octanol–water partition coefficient (Wildman–Crippen LogP) is 5.75. The molecule has 0 aliphatic carbocycles. The number of amides is 1. The second kappa shape index (κ2) is 8.92. The Balaban J connectivity index is 1.73. The van der Waals surface area contributed by atoms with Crippen molar-refractivity contribution in [3.05, 3.63) is 46.2 Å². The number of thioether (sulfide) groups is 1. The van der Waals surface area contributed by atoms with Crippen LogP contribution in [0.1, 0.15) is 50.1 Å². The zero-order chi connectivity index (χ0) is 20.3. The maximum Gasteiger partial charge on any atom is 0.234 e. The van der Waals surface area contributed by atoms with Crippen LogP contribution >= 0.6 is 23.1 Å². The molecule has 7 heteroatoms. The van der Waals surface area contributed by atoms with Gasteiger partial charge in [-0.2, -0.15) is 0 Å². The molecular formula is C21H26N4OS2. The summed E-state index contributed by atoms with van der Waals surface area (Å²) in [6, 6.07) is 10.2. The van der Waals surface area contributed by atoms with Gasteiger partial charge in [-0.3, -0.25) is 9.36 Å². The zero-order valence-electron chi connectivity index (χ0n) is 16.9. The van der Waals surface area contributed by atoms with Gasteiger partial charge in [-0.05, 0) is 50.5 Å². The third-order valence-electron chi connectivity index (χ3n) is 4.26. The SMILES string of the molecule is Cc1cccc(NC(=O)CSc2nnc(-c3csc(C(C)C)c3)n2C(C)C)c1. The van der Waals surface area contributed by atoms with Crippen molar-refractivity contribution in [2.75, 3.05) is 11.1 Å². The number of aryl methyl sites for hydroxylation is 1. The molecule has 0 radical (unpaired) electrons. The maximum atomic E-state index is 12.3. The fourth-order valence-corrected chi connectivity index (χ4v) is 4.63. The van der Waals surface area contributed by atoms with Crippen LogP contribution < -0.4 is 5.32 Å². The number of hydrogen-bond acceptors (Lipinski definition) is 5. The van der Waals surface area contributed by atoms with Crippen LogP contribution in [0.15, 0.2) is 40.9 Å². The lowest BCUT2D eigenvalue weighted by Gasteiger charge is -2.13. The molecular weight excluding hydrogens is 388 g/mol. The number of carbonyl (C=O) groups is 1. The number of aromatic nitrogens is 3. The molecule has 1 amide bonds. The standard InChI is InChI=1S/C21H26N4OS2/c1-13(2)18-10-16(11-27-18)20-23-24-21(25(20)14(3)4)28-12-19(26)22-17-8-6-7-15(5)9-17/h6-11,13-14H,12H2,1-5H3,(H,22,26). The minimum atomic E-state index is -0.0481. The minimum absolute atomic E-state index is 0.0481. The summed E-state index contributed by atoms with van der Waals surface area (Å²) in [5.74, 6) is 1.60. The van der Waals surface area contributed by atoms with Crippen molar-refractivity contribution in [1.29, 1.82) is 0 Å². The zero-order valence-corrected chi connectivity index (χ0v) is 18.5. The molecule has 0 aliphatic heterocycles. The Kier molecular flexibility index (Phi) is 6.57. The van der Waals surface area contributed by atoms with Gasteiger partial charge in [0.1, 0.15) is 0 Å². The van der Waals surface area contributed by atoms with E-state index in [0.717, 1.165) is 27.8 Å². The third-order valence-corrected chi connectivity index (χ3v) is 6.44. The highest BCUT2D eigenvalue weighted by Crippen LogP contribution is 2.32. The number of thiophene rings is 1. The van der Waals surface area contributed by atoms with Crippen LogP contribution in [-0.2, 0) is 4.79 Å². The van der Waals surface area contributed by atoms with Gasteiger partial charge in [0.15, 0.2) is 11.0 Å². The third kappa shape index (κ3) is 4.83. The van der Waals surface area contributed by atoms with Gasteiger partial charge in [0.25, 0.3) is 0 Å². The molecule has 0 unspecified atom stereocenters. The van der Waals surface area contributed by atoms with E-state index in [9.17, 15) is 4.79 Å². The topological polar surface area (TPSA) is 59.8 Å². The minimum Gasteiger partial charge on any atom is -0.325 e. The van der Waals surface area contributed by atoms with Crippen molar-refractivity contribution in [1.82, 2.24) is 14.8 Å². The normalized spacial score (nSPS) is 11.4. The number of rotatable bonds is 7. The van der Waals surface area contributed by atoms with Crippen LogP contribution in [0, 0.1) is 6.92 Å². The molecule has 0 fully saturated rings. The van der Waals surface area contributed by atoms with Gasteiger partial charge < -0.3 is 5.32 Å². The molecule has 0 saturated heterocycles. The van der Waals surface area contributed by atoms with Crippen LogP contribution in [0.4, 0.5) is 5.69 Å². The van der Waals surface area contributed by atoms with Crippen LogP contribution in [0.5, 0.6) is 0 Å². The lowest BCUT2D eigenvalue weighted by molar-refractivity contribution is -0.113. The highest BCUT2D eigenvalue weighted by molar-refractivity contribution is 7.99. The molecule has 3 aromatic rings. The molecule has 0 aliphatic rings. The summed E-state index contributed by atoms with van der Waals surface area (Å²) < 4.78 is 2.11. The van der Waals surface area contributed by atoms with E-state index in [1.165, 1.54) is 16.6 Å². The van der Waals surface area contributed by atoms with E-state index in [0.29, 0.717) is 11.7 Å². The number of anilines is 1. The highest BCUT2D eigenvalue weighted by Gasteiger charge is 2.19. The number of carbonyl (C=O) groups excluding carboxylic acids is 1. The Morgan fingerprint density at radius 3 is 2.64 bits per heavy atom. The van der Waals surface area contributed by atoms with Gasteiger partial charge in [-0.15, -0.1) is 21.5 Å². The molecule has 28 heavy (non-hydrogen) atoms. The van der Waals surface area contributed by atoms with Gasteiger partial charge in [0.05, 0.1) is 5.75 Å². The number of nitrogens with one attached hydrogen (secondary N) is 1. The lowest BCUT2D eigenvalue weighted by atomic mass is 10.1. The van der Waals surface area contributed by atoms with Gasteiger partial charge in [0, 0.05) is 27.5 Å². The summed E-state index contributed by atoms with van der Waals surface area (Å²) >= 11 is 3.17. The van der Waals surface area contributed by atoms with E-state index in [-0.39, 0.29) is 11.9 Å². The van der Waals surface area contributed by atoms with E-state index < -0.39 is 0 Å². The first kappa shape index (κ1) is 20.6. The summed E-state index contributed by atoms with van der Waals surface area (Å²) in [5.41, 5.74) is 3.02. The molecule has 1 aromatic carbocycles. The molecule has 0 atom stereocenters. The lowest BCUT2D eigenvalue weighted by Crippen LogP contribution is -2.15. The Hall–Kier alpha value is -2.12. The van der Waals surface area contributed by atoms with E-state index in [4.69, 9.17) is 0 Å². The van der Waals surface area contributed by atoms with Crippen molar-refractivity contribution >= 4 is 34.7 Å². The fraction of sp³-hybridized carbons (Fsp3) is 0.381. The fourth-order valence-electron chi connectivity index (χ4n) is 2.86. The van der Waals surface area contributed by atoms with E-state index in [1.54, 1.807) is 11.3 Å². The first-order valence-corrected chi connectivity index (χ1v) is 11.2. The van der Waals surface area contributed by atoms with Gasteiger partial charge in [0.2, 0.25) is 5.91 Å². The quantitative estimate of drug-likeness (QED) is 0.500. The van der Waals surface area contributed by atoms with E-state index >= 15 is 0 Å².